The van der Waals surface area contributed by atoms with E-state index in [0.717, 1.165) is 12.1 Å². The van der Waals surface area contributed by atoms with Gasteiger partial charge in [0.15, 0.2) is 0 Å². The summed E-state index contributed by atoms with van der Waals surface area (Å²) in [4.78, 5) is 13.0. The number of carbonyl (C=O) groups is 1. The summed E-state index contributed by atoms with van der Waals surface area (Å²) in [7, 11) is 0. The SMILES string of the molecule is Cc1ccc(NC(=O)C2CC2(c2ccc(C)cc2)c2ccc(C)cc2)cc1. The number of hydrogen-bond acceptors (Lipinski definition) is 1. The van der Waals surface area contributed by atoms with Crippen molar-refractivity contribution in [3.05, 3.63) is 101 Å². The molecule has 0 aromatic heterocycles. The molecule has 1 unspecified atom stereocenters. The molecular formula is C25H25NO. The predicted octanol–water partition coefficient (Wildman–Crippen LogP) is 5.56. The summed E-state index contributed by atoms with van der Waals surface area (Å²) >= 11 is 0. The third-order valence-corrected chi connectivity index (χ3v) is 5.73. The van der Waals surface area contributed by atoms with Gasteiger partial charge in [-0.2, -0.15) is 0 Å². The Labute approximate surface area is 161 Å². The smallest absolute Gasteiger partial charge is 0.228 e. The van der Waals surface area contributed by atoms with Gasteiger partial charge in [-0.15, -0.1) is 0 Å². The number of amides is 1. The predicted molar refractivity (Wildman–Crippen MR) is 111 cm³/mol. The molecule has 1 atom stereocenters. The molecule has 27 heavy (non-hydrogen) atoms. The van der Waals surface area contributed by atoms with Crippen molar-refractivity contribution in [3.63, 3.8) is 0 Å². The fourth-order valence-corrected chi connectivity index (χ4v) is 3.95. The Morgan fingerprint density at radius 3 is 1.59 bits per heavy atom. The first-order chi connectivity index (χ1) is 13.0. The van der Waals surface area contributed by atoms with E-state index in [4.69, 9.17) is 0 Å². The van der Waals surface area contributed by atoms with Gasteiger partial charge in [-0.05, 0) is 50.5 Å². The fourth-order valence-electron chi connectivity index (χ4n) is 3.95. The van der Waals surface area contributed by atoms with Crippen LogP contribution in [0, 0.1) is 26.7 Å². The Balaban J connectivity index is 1.66. The van der Waals surface area contributed by atoms with Crippen molar-refractivity contribution in [3.8, 4) is 0 Å². The second-order valence-corrected chi connectivity index (χ2v) is 7.82. The molecule has 2 nitrogen and oxygen atoms in total. The largest absolute Gasteiger partial charge is 0.326 e. The van der Waals surface area contributed by atoms with Crippen molar-refractivity contribution < 1.29 is 4.79 Å². The number of hydrogen-bond donors (Lipinski definition) is 1. The first-order valence-corrected chi connectivity index (χ1v) is 9.51. The van der Waals surface area contributed by atoms with Crippen LogP contribution in [-0.2, 0) is 10.2 Å². The van der Waals surface area contributed by atoms with Crippen LogP contribution in [0.5, 0.6) is 0 Å². The molecule has 0 spiro atoms. The van der Waals surface area contributed by atoms with Gasteiger partial charge in [-0.3, -0.25) is 4.79 Å². The van der Waals surface area contributed by atoms with Gasteiger partial charge in [-0.25, -0.2) is 0 Å². The van der Waals surface area contributed by atoms with Gasteiger partial charge in [0.05, 0.1) is 5.92 Å². The van der Waals surface area contributed by atoms with Gasteiger partial charge in [0.25, 0.3) is 0 Å². The second-order valence-electron chi connectivity index (χ2n) is 7.82. The lowest BCUT2D eigenvalue weighted by Gasteiger charge is -2.19. The number of benzene rings is 3. The standard InChI is InChI=1S/C25H25NO/c1-17-4-10-20(11-5-17)25(21-12-6-18(2)7-13-21)16-23(25)24(27)26-22-14-8-19(3)9-15-22/h4-15,23H,16H2,1-3H3,(H,26,27). The zero-order valence-electron chi connectivity index (χ0n) is 16.1. The van der Waals surface area contributed by atoms with E-state index in [1.165, 1.54) is 27.8 Å². The molecule has 0 bridgehead atoms. The molecular weight excluding hydrogens is 330 g/mol. The van der Waals surface area contributed by atoms with Crippen LogP contribution in [0.25, 0.3) is 0 Å². The van der Waals surface area contributed by atoms with Crippen LogP contribution in [0.3, 0.4) is 0 Å². The number of rotatable bonds is 4. The third-order valence-electron chi connectivity index (χ3n) is 5.73. The molecule has 4 rings (SSSR count). The fraction of sp³-hybridized carbons (Fsp3) is 0.240. The Hall–Kier alpha value is -2.87. The number of carbonyl (C=O) groups excluding carboxylic acids is 1. The van der Waals surface area contributed by atoms with Crippen molar-refractivity contribution in [1.29, 1.82) is 0 Å². The van der Waals surface area contributed by atoms with Crippen molar-refractivity contribution in [2.45, 2.75) is 32.6 Å². The van der Waals surface area contributed by atoms with Crippen LogP contribution in [0.2, 0.25) is 0 Å². The van der Waals surface area contributed by atoms with E-state index in [0.29, 0.717) is 0 Å². The van der Waals surface area contributed by atoms with E-state index in [1.807, 2.05) is 31.2 Å². The van der Waals surface area contributed by atoms with Crippen molar-refractivity contribution in [1.82, 2.24) is 0 Å². The molecule has 3 aromatic carbocycles. The minimum atomic E-state index is -0.226. The topological polar surface area (TPSA) is 29.1 Å². The van der Waals surface area contributed by atoms with E-state index in [-0.39, 0.29) is 17.2 Å². The number of anilines is 1. The molecule has 0 heterocycles. The van der Waals surface area contributed by atoms with E-state index >= 15 is 0 Å². The maximum absolute atomic E-state index is 13.0. The van der Waals surface area contributed by atoms with E-state index in [1.54, 1.807) is 0 Å². The van der Waals surface area contributed by atoms with Crippen molar-refractivity contribution >= 4 is 11.6 Å². The monoisotopic (exact) mass is 355 g/mol. The van der Waals surface area contributed by atoms with Gasteiger partial charge in [-0.1, -0.05) is 77.4 Å². The van der Waals surface area contributed by atoms with Crippen LogP contribution in [-0.4, -0.2) is 5.91 Å². The highest BCUT2D eigenvalue weighted by Gasteiger charge is 2.60. The lowest BCUT2D eigenvalue weighted by atomic mass is 9.85. The molecule has 1 aliphatic carbocycles. The molecule has 1 aliphatic rings. The summed E-state index contributed by atoms with van der Waals surface area (Å²) in [6.07, 6.45) is 0.844. The molecule has 1 amide bonds. The number of aryl methyl sites for hydroxylation is 3. The first-order valence-electron chi connectivity index (χ1n) is 9.51. The van der Waals surface area contributed by atoms with Gasteiger partial charge < -0.3 is 5.32 Å². The van der Waals surface area contributed by atoms with Crippen molar-refractivity contribution in [2.75, 3.05) is 5.32 Å². The molecule has 2 heteroatoms. The zero-order chi connectivity index (χ0) is 19.0. The number of nitrogens with one attached hydrogen (secondary N) is 1. The van der Waals surface area contributed by atoms with Crippen LogP contribution in [0.4, 0.5) is 5.69 Å². The van der Waals surface area contributed by atoms with Crippen molar-refractivity contribution in [2.24, 2.45) is 5.92 Å². The van der Waals surface area contributed by atoms with Crippen LogP contribution in [0.1, 0.15) is 34.2 Å². The summed E-state index contributed by atoms with van der Waals surface area (Å²) in [6, 6.07) is 25.2. The van der Waals surface area contributed by atoms with Crippen LogP contribution >= 0.6 is 0 Å². The normalized spacial score (nSPS) is 17.4. The Kier molecular flexibility index (Phi) is 4.35. The van der Waals surface area contributed by atoms with E-state index < -0.39 is 0 Å². The molecule has 1 saturated carbocycles. The average Bonchev–Trinajstić information content (AvgIpc) is 3.42. The molecule has 1 fully saturated rings. The summed E-state index contributed by atoms with van der Waals surface area (Å²) < 4.78 is 0. The summed E-state index contributed by atoms with van der Waals surface area (Å²) in [6.45, 7) is 6.24. The van der Waals surface area contributed by atoms with E-state index in [9.17, 15) is 4.79 Å². The highest BCUT2D eigenvalue weighted by Crippen LogP contribution is 2.59. The lowest BCUT2D eigenvalue weighted by molar-refractivity contribution is -0.117. The lowest BCUT2D eigenvalue weighted by Crippen LogP contribution is -2.22. The third kappa shape index (κ3) is 3.28. The van der Waals surface area contributed by atoms with Gasteiger partial charge in [0.1, 0.15) is 0 Å². The quantitative estimate of drug-likeness (QED) is 0.652. The minimum absolute atomic E-state index is 0.0517. The molecule has 0 radical (unpaired) electrons. The Bertz CT molecular complexity index is 907. The Morgan fingerprint density at radius 1 is 0.741 bits per heavy atom. The first kappa shape index (κ1) is 17.5. The van der Waals surface area contributed by atoms with Gasteiger partial charge in [0.2, 0.25) is 5.91 Å². The maximum Gasteiger partial charge on any atom is 0.228 e. The van der Waals surface area contributed by atoms with Gasteiger partial charge >= 0.3 is 0 Å². The highest BCUT2D eigenvalue weighted by atomic mass is 16.2. The molecule has 0 aliphatic heterocycles. The minimum Gasteiger partial charge on any atom is -0.326 e. The summed E-state index contributed by atoms with van der Waals surface area (Å²) in [5.41, 5.74) is 6.74. The highest BCUT2D eigenvalue weighted by molar-refractivity contribution is 5.97. The molecule has 3 aromatic rings. The van der Waals surface area contributed by atoms with Crippen LogP contribution in [0.15, 0.2) is 72.8 Å². The maximum atomic E-state index is 13.0. The molecule has 136 valence electrons. The second kappa shape index (κ2) is 6.70. The zero-order valence-corrected chi connectivity index (χ0v) is 16.1. The van der Waals surface area contributed by atoms with E-state index in [2.05, 4.69) is 67.7 Å². The Morgan fingerprint density at radius 2 is 1.15 bits per heavy atom. The average molecular weight is 355 g/mol. The summed E-state index contributed by atoms with van der Waals surface area (Å²) in [5, 5.41) is 3.11. The van der Waals surface area contributed by atoms with Gasteiger partial charge in [0, 0.05) is 11.1 Å². The molecule has 1 N–H and O–H groups in total. The van der Waals surface area contributed by atoms with Crippen LogP contribution < -0.4 is 5.32 Å². The summed E-state index contributed by atoms with van der Waals surface area (Å²) in [5.74, 6) is 0.0456. The molecule has 0 saturated heterocycles.